The number of halogens is 4. The summed E-state index contributed by atoms with van der Waals surface area (Å²) in [5.41, 5.74) is 0.960. The van der Waals surface area contributed by atoms with Gasteiger partial charge in [-0.25, -0.2) is 8.78 Å². The van der Waals surface area contributed by atoms with Gasteiger partial charge in [-0.05, 0) is 32.3 Å². The Morgan fingerprint density at radius 1 is 1.13 bits per heavy atom. The fourth-order valence-corrected chi connectivity index (χ4v) is 4.54. The number of rotatable bonds is 4. The van der Waals surface area contributed by atoms with E-state index < -0.39 is 17.2 Å². The van der Waals surface area contributed by atoms with Crippen LogP contribution in [0.2, 0.25) is 10.0 Å². The molecule has 2 N–H and O–H groups in total. The van der Waals surface area contributed by atoms with Gasteiger partial charge in [-0.15, -0.1) is 0 Å². The Morgan fingerprint density at radius 3 is 2.55 bits per heavy atom. The number of nitrogens with one attached hydrogen (secondary N) is 1. The van der Waals surface area contributed by atoms with E-state index in [2.05, 4.69) is 5.32 Å². The van der Waals surface area contributed by atoms with Crippen LogP contribution in [0.25, 0.3) is 0 Å². The van der Waals surface area contributed by atoms with Crippen LogP contribution in [0, 0.1) is 18.6 Å². The number of hydrogen-bond acceptors (Lipinski definition) is 4. The number of benzene rings is 2. The van der Waals surface area contributed by atoms with Crippen molar-refractivity contribution in [3.05, 3.63) is 51.0 Å². The molecule has 0 bridgehead atoms. The number of aliphatic hydroxyl groups is 1. The maximum Gasteiger partial charge on any atom is 0.224 e. The van der Waals surface area contributed by atoms with E-state index in [-0.39, 0.29) is 17.5 Å². The molecule has 0 saturated carbocycles. The molecule has 0 aromatic heterocycles. The number of carbonyl (C=O) groups is 1. The molecule has 1 saturated heterocycles. The van der Waals surface area contributed by atoms with Crippen molar-refractivity contribution in [3.63, 3.8) is 0 Å². The van der Waals surface area contributed by atoms with Crippen molar-refractivity contribution in [2.45, 2.75) is 38.2 Å². The summed E-state index contributed by atoms with van der Waals surface area (Å²) >= 11 is 12.0. The van der Waals surface area contributed by atoms with E-state index in [1.54, 1.807) is 6.92 Å². The standard InChI is InChI=1S/C22H22Cl2F2N2O3/c1-12-16(25)10-19(13-2-3-20(29)27-21(12)13)31-11-22(30)4-6-28(7-5-22)18-9-17(26)14(23)8-15(18)24/h8-10,30H,2-7,11H2,1H3,(H,27,29). The maximum atomic E-state index is 14.3. The zero-order valence-electron chi connectivity index (χ0n) is 16.9. The van der Waals surface area contributed by atoms with Crippen molar-refractivity contribution in [2.24, 2.45) is 0 Å². The zero-order chi connectivity index (χ0) is 22.3. The molecule has 31 heavy (non-hydrogen) atoms. The third-order valence-electron chi connectivity index (χ3n) is 5.98. The molecule has 166 valence electrons. The molecule has 0 unspecified atom stereocenters. The van der Waals surface area contributed by atoms with Crippen molar-refractivity contribution >= 4 is 40.5 Å². The second-order valence-electron chi connectivity index (χ2n) is 8.10. The highest BCUT2D eigenvalue weighted by Gasteiger charge is 2.35. The number of piperidine rings is 1. The Bertz CT molecular complexity index is 1040. The van der Waals surface area contributed by atoms with Gasteiger partial charge in [-0.3, -0.25) is 4.79 Å². The summed E-state index contributed by atoms with van der Waals surface area (Å²) in [5.74, 6) is -0.854. The van der Waals surface area contributed by atoms with Crippen LogP contribution in [-0.4, -0.2) is 36.3 Å². The SMILES string of the molecule is Cc1c(F)cc(OCC2(O)CCN(c3cc(F)c(Cl)cc3Cl)CC2)c2c1NC(=O)CC2. The topological polar surface area (TPSA) is 61.8 Å². The minimum atomic E-state index is -1.12. The number of amides is 1. The molecule has 0 spiro atoms. The number of hydrogen-bond donors (Lipinski definition) is 2. The third kappa shape index (κ3) is 4.45. The van der Waals surface area contributed by atoms with E-state index in [0.29, 0.717) is 66.5 Å². The van der Waals surface area contributed by atoms with Crippen molar-refractivity contribution < 1.29 is 23.4 Å². The van der Waals surface area contributed by atoms with Gasteiger partial charge in [-0.2, -0.15) is 0 Å². The summed E-state index contributed by atoms with van der Waals surface area (Å²) in [6.07, 6.45) is 1.47. The smallest absolute Gasteiger partial charge is 0.224 e. The highest BCUT2D eigenvalue weighted by molar-refractivity contribution is 6.36. The van der Waals surface area contributed by atoms with Crippen LogP contribution in [0.5, 0.6) is 5.75 Å². The molecule has 2 aliphatic heterocycles. The van der Waals surface area contributed by atoms with Crippen LogP contribution in [0.3, 0.4) is 0 Å². The minimum absolute atomic E-state index is 0.0214. The average molecular weight is 471 g/mol. The summed E-state index contributed by atoms with van der Waals surface area (Å²) in [5, 5.41) is 14.0. The van der Waals surface area contributed by atoms with Crippen LogP contribution in [-0.2, 0) is 11.2 Å². The first-order valence-electron chi connectivity index (χ1n) is 10.0. The number of carbonyl (C=O) groups excluding carboxylic acids is 1. The van der Waals surface area contributed by atoms with E-state index in [1.165, 1.54) is 18.2 Å². The quantitative estimate of drug-likeness (QED) is 0.625. The molecule has 0 radical (unpaired) electrons. The van der Waals surface area contributed by atoms with Gasteiger partial charge in [0.15, 0.2) is 0 Å². The van der Waals surface area contributed by atoms with Gasteiger partial charge in [0, 0.05) is 42.8 Å². The molecule has 1 amide bonds. The largest absolute Gasteiger partial charge is 0.490 e. The highest BCUT2D eigenvalue weighted by atomic mass is 35.5. The molecule has 1 fully saturated rings. The van der Waals surface area contributed by atoms with Gasteiger partial charge in [-0.1, -0.05) is 23.2 Å². The van der Waals surface area contributed by atoms with Gasteiger partial charge < -0.3 is 20.1 Å². The molecule has 4 rings (SSSR count). The summed E-state index contributed by atoms with van der Waals surface area (Å²) < 4.78 is 34.0. The Hall–Kier alpha value is -2.09. The Kier molecular flexibility index (Phi) is 6.03. The second kappa shape index (κ2) is 8.45. The Labute approximate surface area is 188 Å². The highest BCUT2D eigenvalue weighted by Crippen LogP contribution is 2.38. The summed E-state index contributed by atoms with van der Waals surface area (Å²) in [7, 11) is 0. The third-order valence-corrected chi connectivity index (χ3v) is 6.57. The molecule has 5 nitrogen and oxygen atoms in total. The summed E-state index contributed by atoms with van der Waals surface area (Å²) in [6.45, 7) is 2.47. The van der Waals surface area contributed by atoms with Crippen molar-refractivity contribution in [3.8, 4) is 5.75 Å². The predicted octanol–water partition coefficient (Wildman–Crippen LogP) is 4.88. The molecule has 2 heterocycles. The lowest BCUT2D eigenvalue weighted by Crippen LogP contribution is -2.48. The lowest BCUT2D eigenvalue weighted by atomic mass is 9.91. The molecular formula is C22H22Cl2F2N2O3. The summed E-state index contributed by atoms with van der Waals surface area (Å²) in [4.78, 5) is 13.6. The summed E-state index contributed by atoms with van der Waals surface area (Å²) in [6, 6.07) is 3.97. The molecule has 9 heteroatoms. The monoisotopic (exact) mass is 470 g/mol. The normalized spacial score (nSPS) is 17.9. The van der Waals surface area contributed by atoms with Crippen molar-refractivity contribution in [1.29, 1.82) is 0 Å². The first-order chi connectivity index (χ1) is 14.7. The van der Waals surface area contributed by atoms with Crippen LogP contribution in [0.15, 0.2) is 18.2 Å². The maximum absolute atomic E-state index is 14.3. The second-order valence-corrected chi connectivity index (χ2v) is 8.92. The van der Waals surface area contributed by atoms with Gasteiger partial charge in [0.05, 0.1) is 21.4 Å². The van der Waals surface area contributed by atoms with Gasteiger partial charge in [0.25, 0.3) is 0 Å². The zero-order valence-corrected chi connectivity index (χ0v) is 18.4. The van der Waals surface area contributed by atoms with Crippen LogP contribution < -0.4 is 15.0 Å². The Balaban J connectivity index is 1.45. The fourth-order valence-electron chi connectivity index (χ4n) is 4.04. The lowest BCUT2D eigenvalue weighted by Gasteiger charge is -2.39. The van der Waals surface area contributed by atoms with Crippen LogP contribution in [0.1, 0.15) is 30.4 Å². The number of fused-ring (bicyclic) bond motifs is 1. The molecule has 2 aromatic rings. The van der Waals surface area contributed by atoms with Crippen LogP contribution in [0.4, 0.5) is 20.2 Å². The fraction of sp³-hybridized carbons (Fsp3) is 0.409. The molecule has 0 atom stereocenters. The minimum Gasteiger partial charge on any atom is -0.490 e. The van der Waals surface area contributed by atoms with Gasteiger partial charge in [0.2, 0.25) is 5.91 Å². The number of ether oxygens (including phenoxy) is 1. The Morgan fingerprint density at radius 2 is 1.84 bits per heavy atom. The van der Waals surface area contributed by atoms with Crippen molar-refractivity contribution in [1.82, 2.24) is 0 Å². The van der Waals surface area contributed by atoms with E-state index in [0.717, 1.165) is 5.56 Å². The van der Waals surface area contributed by atoms with E-state index >= 15 is 0 Å². The molecule has 2 aliphatic rings. The van der Waals surface area contributed by atoms with Crippen LogP contribution >= 0.6 is 23.2 Å². The predicted molar refractivity (Wildman–Crippen MR) is 116 cm³/mol. The van der Waals surface area contributed by atoms with E-state index in [1.807, 2.05) is 4.90 Å². The molecular weight excluding hydrogens is 449 g/mol. The first-order valence-corrected chi connectivity index (χ1v) is 10.8. The van der Waals surface area contributed by atoms with E-state index in [4.69, 9.17) is 27.9 Å². The van der Waals surface area contributed by atoms with Gasteiger partial charge in [0.1, 0.15) is 29.6 Å². The molecule has 2 aromatic carbocycles. The van der Waals surface area contributed by atoms with E-state index in [9.17, 15) is 18.7 Å². The first kappa shape index (κ1) is 22.1. The van der Waals surface area contributed by atoms with Gasteiger partial charge >= 0.3 is 0 Å². The number of anilines is 2. The number of nitrogens with zero attached hydrogens (tertiary/aromatic N) is 1. The lowest BCUT2D eigenvalue weighted by molar-refractivity contribution is -0.116. The van der Waals surface area contributed by atoms with Crippen molar-refractivity contribution in [2.75, 3.05) is 29.9 Å². The average Bonchev–Trinajstić information content (AvgIpc) is 2.73. The molecule has 0 aliphatic carbocycles.